The van der Waals surface area contributed by atoms with Gasteiger partial charge < -0.3 is 15.4 Å². The molecule has 0 amide bonds. The molecule has 0 aliphatic heterocycles. The Morgan fingerprint density at radius 1 is 0.885 bits per heavy atom. The van der Waals surface area contributed by atoms with E-state index in [1.54, 1.807) is 13.2 Å². The number of halogens is 1. The van der Waals surface area contributed by atoms with Crippen LogP contribution >= 0.6 is 11.6 Å². The Labute approximate surface area is 158 Å². The standard InChI is InChI=1S/C20H21ClN4O/c1-12-7-5-6-8-16(12)24-20-22-14(3)10-19(25-20)23-17-9-13(2)15(21)11-18(17)26-4/h5-11H,1-4H3,(H2,22,23,24,25). The lowest BCUT2D eigenvalue weighted by molar-refractivity contribution is 0.416. The predicted octanol–water partition coefficient (Wildman–Crippen LogP) is 5.55. The van der Waals surface area contributed by atoms with Gasteiger partial charge >= 0.3 is 0 Å². The lowest BCUT2D eigenvalue weighted by atomic mass is 10.2. The number of aromatic nitrogens is 2. The quantitative estimate of drug-likeness (QED) is 0.618. The third kappa shape index (κ3) is 4.06. The summed E-state index contributed by atoms with van der Waals surface area (Å²) in [6.45, 7) is 5.92. The SMILES string of the molecule is COc1cc(Cl)c(C)cc1Nc1cc(C)nc(Nc2ccccc2C)n1. The molecule has 134 valence electrons. The van der Waals surface area contributed by atoms with E-state index >= 15 is 0 Å². The van der Waals surface area contributed by atoms with Crippen LogP contribution in [0.2, 0.25) is 5.02 Å². The van der Waals surface area contributed by atoms with Crippen molar-refractivity contribution < 1.29 is 4.74 Å². The van der Waals surface area contributed by atoms with E-state index in [9.17, 15) is 0 Å². The van der Waals surface area contributed by atoms with Gasteiger partial charge in [0.25, 0.3) is 0 Å². The van der Waals surface area contributed by atoms with Gasteiger partial charge in [-0.05, 0) is 44.0 Å². The molecule has 0 saturated carbocycles. The average Bonchev–Trinajstić information content (AvgIpc) is 2.59. The normalized spacial score (nSPS) is 10.5. The molecule has 6 heteroatoms. The summed E-state index contributed by atoms with van der Waals surface area (Å²) in [5.74, 6) is 1.87. The first-order chi connectivity index (χ1) is 12.5. The highest BCUT2D eigenvalue weighted by molar-refractivity contribution is 6.31. The summed E-state index contributed by atoms with van der Waals surface area (Å²) in [6, 6.07) is 13.6. The zero-order valence-corrected chi connectivity index (χ0v) is 16.0. The van der Waals surface area contributed by atoms with E-state index in [0.29, 0.717) is 22.5 Å². The van der Waals surface area contributed by atoms with Crippen LogP contribution in [0.15, 0.2) is 42.5 Å². The van der Waals surface area contributed by atoms with Crippen LogP contribution in [0.4, 0.5) is 23.1 Å². The van der Waals surface area contributed by atoms with Gasteiger partial charge in [-0.25, -0.2) is 4.98 Å². The number of rotatable bonds is 5. The lowest BCUT2D eigenvalue weighted by Gasteiger charge is -2.14. The molecule has 1 heterocycles. The summed E-state index contributed by atoms with van der Waals surface area (Å²) >= 11 is 6.18. The summed E-state index contributed by atoms with van der Waals surface area (Å²) < 4.78 is 5.42. The van der Waals surface area contributed by atoms with Crippen molar-refractivity contribution in [1.82, 2.24) is 9.97 Å². The maximum Gasteiger partial charge on any atom is 0.229 e. The molecule has 2 aromatic carbocycles. The van der Waals surface area contributed by atoms with E-state index in [2.05, 4.69) is 20.6 Å². The maximum absolute atomic E-state index is 6.18. The fourth-order valence-corrected chi connectivity index (χ4v) is 2.74. The molecule has 3 aromatic rings. The predicted molar refractivity (Wildman–Crippen MR) is 107 cm³/mol. The van der Waals surface area contributed by atoms with Gasteiger partial charge in [-0.1, -0.05) is 29.8 Å². The molecule has 0 aliphatic carbocycles. The van der Waals surface area contributed by atoms with Crippen molar-refractivity contribution >= 4 is 34.7 Å². The van der Waals surface area contributed by atoms with Gasteiger partial charge in [0.05, 0.1) is 12.8 Å². The van der Waals surface area contributed by atoms with E-state index in [1.807, 2.05) is 57.2 Å². The zero-order valence-electron chi connectivity index (χ0n) is 15.2. The topological polar surface area (TPSA) is 59.1 Å². The minimum absolute atomic E-state index is 0.534. The number of nitrogens with one attached hydrogen (secondary N) is 2. The van der Waals surface area contributed by atoms with Crippen molar-refractivity contribution in [3.8, 4) is 5.75 Å². The Morgan fingerprint density at radius 3 is 2.38 bits per heavy atom. The van der Waals surface area contributed by atoms with Crippen LogP contribution < -0.4 is 15.4 Å². The summed E-state index contributed by atoms with van der Waals surface area (Å²) in [5, 5.41) is 7.23. The van der Waals surface area contributed by atoms with Crippen LogP contribution in [0.25, 0.3) is 0 Å². The monoisotopic (exact) mass is 368 g/mol. The van der Waals surface area contributed by atoms with E-state index in [-0.39, 0.29) is 0 Å². The summed E-state index contributed by atoms with van der Waals surface area (Å²) in [4.78, 5) is 9.04. The number of nitrogens with zero attached hydrogens (tertiary/aromatic N) is 2. The Hall–Kier alpha value is -2.79. The Kier molecular flexibility index (Phi) is 5.28. The minimum atomic E-state index is 0.534. The second kappa shape index (κ2) is 7.62. The molecule has 1 aromatic heterocycles. The third-order valence-corrected chi connectivity index (χ3v) is 4.40. The van der Waals surface area contributed by atoms with Gasteiger partial charge in [-0.3, -0.25) is 0 Å². The highest BCUT2D eigenvalue weighted by Gasteiger charge is 2.10. The van der Waals surface area contributed by atoms with Gasteiger partial charge in [0.2, 0.25) is 5.95 Å². The van der Waals surface area contributed by atoms with Crippen molar-refractivity contribution in [3.05, 3.63) is 64.3 Å². The molecule has 0 spiro atoms. The number of hydrogen-bond donors (Lipinski definition) is 2. The number of anilines is 4. The molecule has 3 rings (SSSR count). The Morgan fingerprint density at radius 2 is 1.65 bits per heavy atom. The highest BCUT2D eigenvalue weighted by Crippen LogP contribution is 2.33. The second-order valence-electron chi connectivity index (χ2n) is 6.08. The molecule has 0 bridgehead atoms. The largest absolute Gasteiger partial charge is 0.495 e. The van der Waals surface area contributed by atoms with Crippen LogP contribution in [-0.2, 0) is 0 Å². The number of hydrogen-bond acceptors (Lipinski definition) is 5. The van der Waals surface area contributed by atoms with E-state index in [0.717, 1.165) is 28.2 Å². The van der Waals surface area contributed by atoms with Crippen LogP contribution in [0.3, 0.4) is 0 Å². The van der Waals surface area contributed by atoms with Gasteiger partial charge in [-0.2, -0.15) is 4.98 Å². The molecule has 26 heavy (non-hydrogen) atoms. The van der Waals surface area contributed by atoms with Crippen molar-refractivity contribution in [2.75, 3.05) is 17.7 Å². The number of benzene rings is 2. The first-order valence-electron chi connectivity index (χ1n) is 8.26. The van der Waals surface area contributed by atoms with Crippen LogP contribution in [0.5, 0.6) is 5.75 Å². The van der Waals surface area contributed by atoms with E-state index in [4.69, 9.17) is 16.3 Å². The van der Waals surface area contributed by atoms with Crippen LogP contribution in [0.1, 0.15) is 16.8 Å². The number of methoxy groups -OCH3 is 1. The van der Waals surface area contributed by atoms with Crippen molar-refractivity contribution in [2.45, 2.75) is 20.8 Å². The van der Waals surface area contributed by atoms with Gasteiger partial charge in [0.1, 0.15) is 11.6 Å². The smallest absolute Gasteiger partial charge is 0.229 e. The van der Waals surface area contributed by atoms with Gasteiger partial charge in [-0.15, -0.1) is 0 Å². The summed E-state index contributed by atoms with van der Waals surface area (Å²) in [5.41, 5.74) is 4.71. The number of para-hydroxylation sites is 1. The van der Waals surface area contributed by atoms with Crippen LogP contribution in [0, 0.1) is 20.8 Å². The molecular formula is C20H21ClN4O. The fourth-order valence-electron chi connectivity index (χ4n) is 2.59. The maximum atomic E-state index is 6.18. The first-order valence-corrected chi connectivity index (χ1v) is 8.63. The number of ether oxygens (including phenoxy) is 1. The van der Waals surface area contributed by atoms with E-state index < -0.39 is 0 Å². The van der Waals surface area contributed by atoms with Crippen molar-refractivity contribution in [2.24, 2.45) is 0 Å². The van der Waals surface area contributed by atoms with Crippen molar-refractivity contribution in [1.29, 1.82) is 0 Å². The molecule has 0 saturated heterocycles. The third-order valence-electron chi connectivity index (χ3n) is 3.99. The highest BCUT2D eigenvalue weighted by atomic mass is 35.5. The van der Waals surface area contributed by atoms with Gasteiger partial charge in [0, 0.05) is 28.5 Å². The fraction of sp³-hybridized carbons (Fsp3) is 0.200. The Balaban J connectivity index is 1.91. The second-order valence-corrected chi connectivity index (χ2v) is 6.49. The zero-order chi connectivity index (χ0) is 18.7. The molecule has 5 nitrogen and oxygen atoms in total. The summed E-state index contributed by atoms with van der Waals surface area (Å²) in [7, 11) is 1.61. The number of aryl methyl sites for hydroxylation is 3. The molecule has 0 atom stereocenters. The molecular weight excluding hydrogens is 348 g/mol. The summed E-state index contributed by atoms with van der Waals surface area (Å²) in [6.07, 6.45) is 0. The molecule has 0 unspecified atom stereocenters. The first kappa shape index (κ1) is 18.0. The van der Waals surface area contributed by atoms with E-state index in [1.165, 1.54) is 0 Å². The lowest BCUT2D eigenvalue weighted by Crippen LogP contribution is -2.04. The molecule has 0 aliphatic rings. The van der Waals surface area contributed by atoms with Gasteiger partial charge in [0.15, 0.2) is 0 Å². The molecule has 2 N–H and O–H groups in total. The van der Waals surface area contributed by atoms with Crippen molar-refractivity contribution in [3.63, 3.8) is 0 Å². The minimum Gasteiger partial charge on any atom is -0.495 e. The Bertz CT molecular complexity index is 943. The molecule has 0 radical (unpaired) electrons. The molecule has 0 fully saturated rings. The average molecular weight is 369 g/mol. The van der Waals surface area contributed by atoms with Crippen LogP contribution in [-0.4, -0.2) is 17.1 Å².